The largest absolute Gasteiger partial charge is 0.497 e. The van der Waals surface area contributed by atoms with Gasteiger partial charge in [-0.25, -0.2) is 18.7 Å². The Bertz CT molecular complexity index is 1060. The van der Waals surface area contributed by atoms with E-state index in [-0.39, 0.29) is 0 Å². The van der Waals surface area contributed by atoms with E-state index in [0.717, 1.165) is 23.0 Å². The van der Waals surface area contributed by atoms with Gasteiger partial charge in [0, 0.05) is 49.4 Å². The molecule has 0 aliphatic carbocycles. The van der Waals surface area contributed by atoms with Crippen molar-refractivity contribution in [1.29, 1.82) is 0 Å². The number of fused-ring (bicyclic) bond motifs is 1. The van der Waals surface area contributed by atoms with Crippen molar-refractivity contribution in [3.63, 3.8) is 0 Å². The molecular weight excluding hydrogens is 390 g/mol. The molecule has 30 heavy (non-hydrogen) atoms. The van der Waals surface area contributed by atoms with Crippen LogP contribution in [0.5, 0.6) is 11.5 Å². The van der Waals surface area contributed by atoms with Gasteiger partial charge in [-0.05, 0) is 18.2 Å². The summed E-state index contributed by atoms with van der Waals surface area (Å²) in [6.07, 6.45) is 2.47. The van der Waals surface area contributed by atoms with Crippen LogP contribution in [0.3, 0.4) is 0 Å². The van der Waals surface area contributed by atoms with Crippen molar-refractivity contribution >= 4 is 11.6 Å². The van der Waals surface area contributed by atoms with Gasteiger partial charge in [-0.1, -0.05) is 12.1 Å². The Balaban J connectivity index is 1.47. The lowest BCUT2D eigenvalue weighted by molar-refractivity contribution is 0.238. The third-order valence-corrected chi connectivity index (χ3v) is 5.09. The van der Waals surface area contributed by atoms with Gasteiger partial charge in [0.15, 0.2) is 11.6 Å². The Morgan fingerprint density at radius 3 is 2.80 bits per heavy atom. The van der Waals surface area contributed by atoms with Gasteiger partial charge in [-0.15, -0.1) is 0 Å². The monoisotopic (exact) mass is 412 g/mol. The Kier molecular flexibility index (Phi) is 5.76. The van der Waals surface area contributed by atoms with E-state index in [1.54, 1.807) is 32.5 Å². The molecule has 3 aromatic rings. The molecule has 0 radical (unpaired) electrons. The molecule has 0 saturated heterocycles. The number of methoxy groups -OCH3 is 2. The fourth-order valence-electron chi connectivity index (χ4n) is 3.50. The number of nitrogens with one attached hydrogen (secondary N) is 1. The average molecular weight is 412 g/mol. The van der Waals surface area contributed by atoms with E-state index < -0.39 is 11.6 Å². The number of rotatable bonds is 6. The first-order valence-corrected chi connectivity index (χ1v) is 9.56. The maximum absolute atomic E-state index is 14.0. The summed E-state index contributed by atoms with van der Waals surface area (Å²) in [5.74, 6) is 0.185. The van der Waals surface area contributed by atoms with Crippen molar-refractivity contribution in [2.45, 2.75) is 19.5 Å². The Morgan fingerprint density at radius 2 is 2.00 bits per heavy atom. The zero-order valence-electron chi connectivity index (χ0n) is 16.8. The van der Waals surface area contributed by atoms with Crippen molar-refractivity contribution in [3.8, 4) is 11.5 Å². The molecule has 2 heterocycles. The Morgan fingerprint density at radius 1 is 1.13 bits per heavy atom. The number of nitrogens with zero attached hydrogens (tertiary/aromatic N) is 3. The van der Waals surface area contributed by atoms with Gasteiger partial charge >= 0.3 is 0 Å². The lowest BCUT2D eigenvalue weighted by Crippen LogP contribution is -2.31. The summed E-state index contributed by atoms with van der Waals surface area (Å²) in [5, 5.41) is 3.18. The molecule has 0 amide bonds. The molecule has 6 nitrogen and oxygen atoms in total. The van der Waals surface area contributed by atoms with Crippen LogP contribution in [0.15, 0.2) is 42.6 Å². The van der Waals surface area contributed by atoms with Crippen LogP contribution in [0.2, 0.25) is 0 Å². The molecule has 1 N–H and O–H groups in total. The van der Waals surface area contributed by atoms with Crippen LogP contribution in [0, 0.1) is 11.6 Å². The molecule has 8 heteroatoms. The molecule has 0 spiro atoms. The van der Waals surface area contributed by atoms with E-state index in [0.29, 0.717) is 49.1 Å². The molecule has 0 saturated carbocycles. The zero-order chi connectivity index (χ0) is 21.1. The number of benzene rings is 2. The van der Waals surface area contributed by atoms with Crippen LogP contribution in [0.1, 0.15) is 16.8 Å². The number of hydrogen-bond acceptors (Lipinski definition) is 6. The summed E-state index contributed by atoms with van der Waals surface area (Å²) in [4.78, 5) is 11.1. The molecule has 1 aliphatic rings. The molecule has 1 aromatic heterocycles. The van der Waals surface area contributed by atoms with Crippen LogP contribution in [0.4, 0.5) is 20.4 Å². The highest BCUT2D eigenvalue weighted by atomic mass is 19.2. The summed E-state index contributed by atoms with van der Waals surface area (Å²) in [6.45, 7) is 1.62. The molecule has 4 rings (SSSR count). The van der Waals surface area contributed by atoms with Crippen molar-refractivity contribution in [2.75, 3.05) is 26.1 Å². The first kappa shape index (κ1) is 20.0. The van der Waals surface area contributed by atoms with Gasteiger partial charge in [-0.3, -0.25) is 4.90 Å². The quantitative estimate of drug-likeness (QED) is 0.659. The second-order valence-electron chi connectivity index (χ2n) is 7.03. The number of aromatic nitrogens is 2. The molecule has 0 bridgehead atoms. The van der Waals surface area contributed by atoms with Gasteiger partial charge in [-0.2, -0.15) is 0 Å². The molecule has 0 unspecified atom stereocenters. The highest BCUT2D eigenvalue weighted by Crippen LogP contribution is 2.31. The maximum Gasteiger partial charge on any atom is 0.227 e. The summed E-state index contributed by atoms with van der Waals surface area (Å²) < 4.78 is 38.0. The van der Waals surface area contributed by atoms with Crippen molar-refractivity contribution < 1.29 is 18.3 Å². The third-order valence-electron chi connectivity index (χ3n) is 5.09. The molecule has 1 aliphatic heterocycles. The van der Waals surface area contributed by atoms with Gasteiger partial charge in [0.1, 0.15) is 11.5 Å². The van der Waals surface area contributed by atoms with Gasteiger partial charge in [0.05, 0.1) is 25.6 Å². The van der Waals surface area contributed by atoms with Crippen LogP contribution in [-0.4, -0.2) is 35.6 Å². The number of ether oxygens (including phenoxy) is 2. The van der Waals surface area contributed by atoms with E-state index >= 15 is 0 Å². The Labute approximate surface area is 173 Å². The minimum atomic E-state index is -0.821. The second kappa shape index (κ2) is 8.62. The maximum atomic E-state index is 14.0. The number of halogens is 2. The third kappa shape index (κ3) is 4.18. The minimum absolute atomic E-state index is 0.339. The van der Waals surface area contributed by atoms with Gasteiger partial charge in [0.25, 0.3) is 0 Å². The first-order valence-electron chi connectivity index (χ1n) is 9.56. The van der Waals surface area contributed by atoms with Crippen LogP contribution in [0.25, 0.3) is 0 Å². The van der Waals surface area contributed by atoms with Crippen molar-refractivity contribution in [2.24, 2.45) is 0 Å². The zero-order valence-corrected chi connectivity index (χ0v) is 16.8. The molecular formula is C22H22F2N4O2. The molecule has 156 valence electrons. The average Bonchev–Trinajstić information content (AvgIpc) is 2.77. The predicted octanol–water partition coefficient (Wildman–Crippen LogP) is 4.07. The summed E-state index contributed by atoms with van der Waals surface area (Å²) in [5.41, 5.74) is 3.00. The lowest BCUT2D eigenvalue weighted by Gasteiger charge is -2.28. The topological polar surface area (TPSA) is 59.5 Å². The predicted molar refractivity (Wildman–Crippen MR) is 109 cm³/mol. The van der Waals surface area contributed by atoms with Crippen LogP contribution < -0.4 is 14.8 Å². The molecule has 2 aromatic carbocycles. The Hall–Kier alpha value is -3.26. The van der Waals surface area contributed by atoms with Crippen molar-refractivity contribution in [3.05, 3.63) is 71.1 Å². The standard InChI is InChI=1S/C22H22F2N4O2/c1-29-16-6-7-19(20(10-16)30-2)27-22-25-11-15-13-28(9-8-18(15)26-22)12-14-4-3-5-17(23)21(14)24/h3-7,10-11H,8-9,12-13H2,1-2H3,(H,25,26,27). The van der Waals surface area contributed by atoms with E-state index in [2.05, 4.69) is 20.2 Å². The van der Waals surface area contributed by atoms with Crippen LogP contribution >= 0.6 is 0 Å². The van der Waals surface area contributed by atoms with Crippen molar-refractivity contribution in [1.82, 2.24) is 14.9 Å². The summed E-state index contributed by atoms with van der Waals surface area (Å²) in [6, 6.07) is 9.72. The lowest BCUT2D eigenvalue weighted by atomic mass is 10.1. The smallest absolute Gasteiger partial charge is 0.227 e. The summed E-state index contributed by atoms with van der Waals surface area (Å²) >= 11 is 0. The fourth-order valence-corrected chi connectivity index (χ4v) is 3.50. The minimum Gasteiger partial charge on any atom is -0.497 e. The van der Waals surface area contributed by atoms with Gasteiger partial charge in [0.2, 0.25) is 5.95 Å². The second-order valence-corrected chi connectivity index (χ2v) is 7.03. The van der Waals surface area contributed by atoms with Crippen LogP contribution in [-0.2, 0) is 19.5 Å². The fraction of sp³-hybridized carbons (Fsp3) is 0.273. The summed E-state index contributed by atoms with van der Waals surface area (Å²) in [7, 11) is 3.18. The highest BCUT2D eigenvalue weighted by molar-refractivity contribution is 5.64. The molecule has 0 atom stereocenters. The highest BCUT2D eigenvalue weighted by Gasteiger charge is 2.20. The first-order chi connectivity index (χ1) is 14.6. The number of anilines is 2. The molecule has 0 fully saturated rings. The van der Waals surface area contributed by atoms with Gasteiger partial charge < -0.3 is 14.8 Å². The van der Waals surface area contributed by atoms with E-state index in [9.17, 15) is 8.78 Å². The van der Waals surface area contributed by atoms with E-state index in [1.165, 1.54) is 6.07 Å². The van der Waals surface area contributed by atoms with E-state index in [4.69, 9.17) is 9.47 Å². The normalized spacial score (nSPS) is 13.6. The van der Waals surface area contributed by atoms with E-state index in [1.807, 2.05) is 12.1 Å². The SMILES string of the molecule is COc1ccc(Nc2ncc3c(n2)CCN(Cc2cccc(F)c2F)C3)c(OC)c1. The number of hydrogen-bond donors (Lipinski definition) is 1.